The van der Waals surface area contributed by atoms with Gasteiger partial charge in [-0.25, -0.2) is 18.9 Å². The van der Waals surface area contributed by atoms with Gasteiger partial charge in [0.15, 0.2) is 9.84 Å². The maximum absolute atomic E-state index is 13.7. The summed E-state index contributed by atoms with van der Waals surface area (Å²) in [6, 6.07) is 13.1. The van der Waals surface area contributed by atoms with Gasteiger partial charge >= 0.3 is 0 Å². The van der Waals surface area contributed by atoms with Crippen molar-refractivity contribution in [2.24, 2.45) is 0 Å². The van der Waals surface area contributed by atoms with Crippen molar-refractivity contribution in [3.63, 3.8) is 0 Å². The number of imidazole rings is 1. The van der Waals surface area contributed by atoms with Gasteiger partial charge in [-0.3, -0.25) is 10.0 Å². The summed E-state index contributed by atoms with van der Waals surface area (Å²) in [6.45, 7) is 0. The molecule has 1 heterocycles. The molecular formula is C24H29N3O5S. The van der Waals surface area contributed by atoms with Gasteiger partial charge in [0.1, 0.15) is 17.1 Å². The number of carbonyl (C=O) groups is 1. The number of benzene rings is 2. The van der Waals surface area contributed by atoms with Gasteiger partial charge < -0.3 is 9.72 Å². The lowest BCUT2D eigenvalue weighted by Gasteiger charge is -2.18. The Kier molecular flexibility index (Phi) is 6.99. The van der Waals surface area contributed by atoms with Crippen molar-refractivity contribution in [2.45, 2.75) is 61.0 Å². The van der Waals surface area contributed by atoms with Gasteiger partial charge in [0.05, 0.1) is 22.8 Å². The van der Waals surface area contributed by atoms with Crippen LogP contribution in [0.15, 0.2) is 47.4 Å². The monoisotopic (exact) mass is 471 g/mol. The summed E-state index contributed by atoms with van der Waals surface area (Å²) >= 11 is 0. The first-order chi connectivity index (χ1) is 15.9. The van der Waals surface area contributed by atoms with Crippen LogP contribution in [-0.4, -0.2) is 41.9 Å². The largest absolute Gasteiger partial charge is 0.494 e. The van der Waals surface area contributed by atoms with Crippen LogP contribution in [0.2, 0.25) is 0 Å². The maximum Gasteiger partial charge on any atom is 0.244 e. The first-order valence-corrected chi connectivity index (χ1v) is 12.8. The topological polar surface area (TPSA) is 121 Å². The molecular weight excluding hydrogens is 442 g/mol. The fraction of sp³-hybridized carbons (Fsp3) is 0.417. The Hall–Kier alpha value is -2.91. The average Bonchev–Trinajstić information content (AvgIpc) is 3.58. The zero-order chi connectivity index (χ0) is 23.4. The van der Waals surface area contributed by atoms with Crippen molar-refractivity contribution in [3.8, 4) is 5.75 Å². The fourth-order valence-corrected chi connectivity index (χ4v) is 6.06. The van der Waals surface area contributed by atoms with Crippen LogP contribution in [0.25, 0.3) is 11.0 Å². The molecule has 0 bridgehead atoms. The normalized spacial score (nSPS) is 14.8. The number of nitrogens with one attached hydrogen (secondary N) is 2. The third-order valence-corrected chi connectivity index (χ3v) is 8.37. The molecule has 1 fully saturated rings. The van der Waals surface area contributed by atoms with E-state index in [1.54, 1.807) is 11.5 Å². The summed E-state index contributed by atoms with van der Waals surface area (Å²) in [4.78, 5) is 19.9. The minimum atomic E-state index is -3.89. The Morgan fingerprint density at radius 2 is 1.97 bits per heavy atom. The lowest BCUT2D eigenvalue weighted by Crippen LogP contribution is -2.30. The number of fused-ring (bicyclic) bond motifs is 1. The van der Waals surface area contributed by atoms with E-state index in [9.17, 15) is 13.2 Å². The third kappa shape index (κ3) is 5.20. The summed E-state index contributed by atoms with van der Waals surface area (Å²) in [5.74, 6) is 0.851. The van der Waals surface area contributed by atoms with E-state index in [1.165, 1.54) is 18.7 Å². The molecule has 1 unspecified atom stereocenters. The van der Waals surface area contributed by atoms with Crippen molar-refractivity contribution in [1.82, 2.24) is 15.4 Å². The molecule has 1 atom stereocenters. The number of hydroxylamine groups is 1. The molecule has 0 radical (unpaired) electrons. The van der Waals surface area contributed by atoms with Crippen molar-refractivity contribution < 1.29 is 23.2 Å². The van der Waals surface area contributed by atoms with Crippen LogP contribution < -0.4 is 10.2 Å². The molecule has 3 N–H and O–H groups in total. The second kappa shape index (κ2) is 9.93. The average molecular weight is 472 g/mol. The zero-order valence-corrected chi connectivity index (χ0v) is 19.4. The predicted octanol–water partition coefficient (Wildman–Crippen LogP) is 3.90. The van der Waals surface area contributed by atoms with Gasteiger partial charge in [-0.15, -0.1) is 0 Å². The van der Waals surface area contributed by atoms with E-state index in [0.717, 1.165) is 31.5 Å². The maximum atomic E-state index is 13.7. The van der Waals surface area contributed by atoms with Crippen LogP contribution in [0.1, 0.15) is 55.8 Å². The van der Waals surface area contributed by atoms with E-state index < -0.39 is 21.0 Å². The van der Waals surface area contributed by atoms with E-state index in [4.69, 9.17) is 9.94 Å². The van der Waals surface area contributed by atoms with Crippen molar-refractivity contribution in [2.75, 3.05) is 7.11 Å². The molecule has 3 aromatic rings. The highest BCUT2D eigenvalue weighted by atomic mass is 32.2. The first-order valence-electron chi connectivity index (χ1n) is 11.2. The van der Waals surface area contributed by atoms with Crippen LogP contribution in [0.4, 0.5) is 0 Å². The number of aryl methyl sites for hydroxylation is 1. The van der Waals surface area contributed by atoms with Crippen molar-refractivity contribution in [3.05, 3.63) is 53.9 Å². The molecule has 176 valence electrons. The van der Waals surface area contributed by atoms with E-state index in [0.29, 0.717) is 35.5 Å². The van der Waals surface area contributed by atoms with Gasteiger partial charge in [-0.1, -0.05) is 36.8 Å². The summed E-state index contributed by atoms with van der Waals surface area (Å²) in [5.41, 5.74) is 3.65. The molecule has 0 aliphatic heterocycles. The van der Waals surface area contributed by atoms with Gasteiger partial charge in [-0.2, -0.15) is 0 Å². The highest BCUT2D eigenvalue weighted by molar-refractivity contribution is 7.92. The van der Waals surface area contributed by atoms with Gasteiger partial charge in [0, 0.05) is 12.3 Å². The zero-order valence-electron chi connectivity index (χ0n) is 18.6. The smallest absolute Gasteiger partial charge is 0.244 e. The highest BCUT2D eigenvalue weighted by Crippen LogP contribution is 2.41. The molecule has 4 rings (SSSR count). The molecule has 1 aliphatic rings. The minimum absolute atomic E-state index is 0.108. The van der Waals surface area contributed by atoms with E-state index in [2.05, 4.69) is 9.97 Å². The lowest BCUT2D eigenvalue weighted by molar-refractivity contribution is -0.129. The molecule has 9 heteroatoms. The number of methoxy groups -OCH3 is 1. The van der Waals surface area contributed by atoms with E-state index in [1.807, 2.05) is 30.3 Å². The van der Waals surface area contributed by atoms with Gasteiger partial charge in [-0.05, 0) is 49.8 Å². The third-order valence-electron chi connectivity index (χ3n) is 6.14. The Labute approximate surface area is 193 Å². The number of rotatable bonds is 11. The SMILES string of the molecule is COc1ccc(S(=O)(=O)C(CCCCc2ccccc2)CC(=O)NO)c2[nH]c(C3CC3)nc12. The number of carbonyl (C=O) groups excluding carboxylic acids is 1. The second-order valence-electron chi connectivity index (χ2n) is 8.52. The standard InChI is InChI=1S/C24H29N3O5S/c1-32-19-13-14-20(23-22(19)25-24(26-23)17-11-12-17)33(30,31)18(15-21(28)27-29)10-6-5-9-16-7-3-2-4-8-16/h2-4,7-8,13-14,17-18,29H,5-6,9-12,15H2,1H3,(H,25,26)(H,27,28). The quantitative estimate of drug-likeness (QED) is 0.222. The van der Waals surface area contributed by atoms with Crippen molar-refractivity contribution in [1.29, 1.82) is 0 Å². The Morgan fingerprint density at radius 1 is 1.21 bits per heavy atom. The summed E-state index contributed by atoms with van der Waals surface area (Å²) < 4.78 is 32.8. The van der Waals surface area contributed by atoms with Crippen LogP contribution in [-0.2, 0) is 21.1 Å². The second-order valence-corrected chi connectivity index (χ2v) is 10.7. The number of aromatic amines is 1. The number of amides is 1. The summed E-state index contributed by atoms with van der Waals surface area (Å²) in [6.07, 6.45) is 4.28. The number of nitrogens with zero attached hydrogens (tertiary/aromatic N) is 1. The predicted molar refractivity (Wildman–Crippen MR) is 124 cm³/mol. The molecule has 1 aliphatic carbocycles. The minimum Gasteiger partial charge on any atom is -0.494 e. The molecule has 1 aromatic heterocycles. The molecule has 2 aromatic carbocycles. The number of unbranched alkanes of at least 4 members (excludes halogenated alkanes) is 1. The number of sulfone groups is 1. The first kappa shape index (κ1) is 23.3. The van der Waals surface area contributed by atoms with Crippen molar-refractivity contribution >= 4 is 26.8 Å². The molecule has 0 saturated heterocycles. The van der Waals surface area contributed by atoms with Crippen LogP contribution in [0, 0.1) is 0 Å². The summed E-state index contributed by atoms with van der Waals surface area (Å²) in [7, 11) is -2.37. The van der Waals surface area contributed by atoms with Crippen LogP contribution in [0.5, 0.6) is 5.75 Å². The Morgan fingerprint density at radius 3 is 2.64 bits per heavy atom. The summed E-state index contributed by atoms with van der Waals surface area (Å²) in [5, 5.41) is 8.06. The van der Waals surface area contributed by atoms with Crippen LogP contribution in [0.3, 0.4) is 0 Å². The number of aromatic nitrogens is 2. The molecule has 1 saturated carbocycles. The molecule has 33 heavy (non-hydrogen) atoms. The van der Waals surface area contributed by atoms with E-state index in [-0.39, 0.29) is 11.3 Å². The van der Waals surface area contributed by atoms with E-state index >= 15 is 0 Å². The Balaban J connectivity index is 1.60. The molecule has 0 spiro atoms. The number of hydrogen-bond donors (Lipinski definition) is 3. The number of H-pyrrole nitrogens is 1. The number of hydrogen-bond acceptors (Lipinski definition) is 6. The van der Waals surface area contributed by atoms with Gasteiger partial charge in [0.25, 0.3) is 0 Å². The molecule has 1 amide bonds. The Bertz CT molecular complexity index is 1220. The fourth-order valence-electron chi connectivity index (χ4n) is 4.16. The lowest BCUT2D eigenvalue weighted by atomic mass is 10.1. The highest BCUT2D eigenvalue weighted by Gasteiger charge is 2.34. The molecule has 8 nitrogen and oxygen atoms in total. The number of ether oxygens (including phenoxy) is 1. The van der Waals surface area contributed by atoms with Gasteiger partial charge in [0.2, 0.25) is 5.91 Å². The van der Waals surface area contributed by atoms with Crippen LogP contribution >= 0.6 is 0 Å².